The molecule has 2 heteroatoms. The lowest BCUT2D eigenvalue weighted by molar-refractivity contribution is -0.107. The van der Waals surface area contributed by atoms with Crippen molar-refractivity contribution in [2.75, 3.05) is 0 Å². The van der Waals surface area contributed by atoms with Gasteiger partial charge in [-0.2, -0.15) is 0 Å². The Hall–Kier alpha value is -1.44. The number of Topliss-reactive ketones (excluding diaryl/α,β-unsaturated/α-hetero) is 1. The minimum atomic E-state index is -0.109. The van der Waals surface area contributed by atoms with Gasteiger partial charge < -0.3 is 4.79 Å². The van der Waals surface area contributed by atoms with Crippen LogP contribution >= 0.6 is 0 Å². The van der Waals surface area contributed by atoms with Gasteiger partial charge in [0.2, 0.25) is 0 Å². The molecule has 0 aliphatic carbocycles. The van der Waals surface area contributed by atoms with Gasteiger partial charge in [-0.05, 0) is 26.0 Å². The molecule has 0 aromatic heterocycles. The summed E-state index contributed by atoms with van der Waals surface area (Å²) >= 11 is 0. The summed E-state index contributed by atoms with van der Waals surface area (Å²) in [5.41, 5.74) is 2.73. The SMILES string of the molecule is Cc1cc(C)cc(C(=O)CC=O)c1. The number of benzene rings is 1. The fourth-order valence-electron chi connectivity index (χ4n) is 1.33. The first-order chi connectivity index (χ1) is 6.13. The van der Waals surface area contributed by atoms with Crippen LogP contribution in [0.25, 0.3) is 0 Å². The molecular weight excluding hydrogens is 164 g/mol. The maximum absolute atomic E-state index is 11.3. The van der Waals surface area contributed by atoms with Crippen LogP contribution in [0.3, 0.4) is 0 Å². The first-order valence-electron chi connectivity index (χ1n) is 4.18. The summed E-state index contributed by atoms with van der Waals surface area (Å²) in [6, 6.07) is 5.61. The van der Waals surface area contributed by atoms with Crippen LogP contribution in [0.15, 0.2) is 18.2 Å². The van der Waals surface area contributed by atoms with Crippen molar-refractivity contribution in [1.29, 1.82) is 0 Å². The second-order valence-electron chi connectivity index (χ2n) is 3.17. The average Bonchev–Trinajstić information content (AvgIpc) is 2.03. The molecule has 0 radical (unpaired) electrons. The summed E-state index contributed by atoms with van der Waals surface area (Å²) in [6.07, 6.45) is 0.614. The van der Waals surface area contributed by atoms with E-state index in [9.17, 15) is 9.59 Å². The van der Waals surface area contributed by atoms with Crippen LogP contribution in [0.4, 0.5) is 0 Å². The van der Waals surface area contributed by atoms with Crippen molar-refractivity contribution in [3.8, 4) is 0 Å². The Kier molecular flexibility index (Phi) is 2.96. The predicted molar refractivity (Wildman–Crippen MR) is 50.9 cm³/mol. The Balaban J connectivity index is 3.00. The lowest BCUT2D eigenvalue weighted by atomic mass is 10.0. The maximum atomic E-state index is 11.3. The number of hydrogen-bond acceptors (Lipinski definition) is 2. The summed E-state index contributed by atoms with van der Waals surface area (Å²) in [4.78, 5) is 21.5. The number of aldehydes is 1. The molecule has 0 aliphatic heterocycles. The summed E-state index contributed by atoms with van der Waals surface area (Å²) < 4.78 is 0. The summed E-state index contributed by atoms with van der Waals surface area (Å²) in [5.74, 6) is -0.109. The van der Waals surface area contributed by atoms with E-state index in [1.807, 2.05) is 19.9 Å². The smallest absolute Gasteiger partial charge is 0.169 e. The highest BCUT2D eigenvalue weighted by Crippen LogP contribution is 2.10. The second kappa shape index (κ2) is 3.99. The van der Waals surface area contributed by atoms with Crippen molar-refractivity contribution < 1.29 is 9.59 Å². The van der Waals surface area contributed by atoms with Gasteiger partial charge in [0.05, 0.1) is 6.42 Å². The zero-order chi connectivity index (χ0) is 9.84. The van der Waals surface area contributed by atoms with Gasteiger partial charge in [-0.25, -0.2) is 0 Å². The molecule has 0 spiro atoms. The quantitative estimate of drug-likeness (QED) is 0.401. The maximum Gasteiger partial charge on any atom is 0.169 e. The van der Waals surface area contributed by atoms with Crippen molar-refractivity contribution >= 4 is 12.1 Å². The van der Waals surface area contributed by atoms with Gasteiger partial charge in [0.1, 0.15) is 6.29 Å². The summed E-state index contributed by atoms with van der Waals surface area (Å²) in [5, 5.41) is 0. The van der Waals surface area contributed by atoms with Gasteiger partial charge in [0.15, 0.2) is 5.78 Å². The topological polar surface area (TPSA) is 34.1 Å². The molecule has 0 unspecified atom stereocenters. The molecule has 0 aliphatic rings. The number of carbonyl (C=O) groups is 2. The van der Waals surface area contributed by atoms with E-state index < -0.39 is 0 Å². The monoisotopic (exact) mass is 176 g/mol. The van der Waals surface area contributed by atoms with Crippen LogP contribution in [0.1, 0.15) is 27.9 Å². The third kappa shape index (κ3) is 2.51. The fraction of sp³-hybridized carbons (Fsp3) is 0.273. The van der Waals surface area contributed by atoms with Crippen molar-refractivity contribution in [3.63, 3.8) is 0 Å². The van der Waals surface area contributed by atoms with E-state index in [1.165, 1.54) is 0 Å². The highest BCUT2D eigenvalue weighted by Gasteiger charge is 2.05. The van der Waals surface area contributed by atoms with E-state index in [0.29, 0.717) is 11.8 Å². The van der Waals surface area contributed by atoms with Gasteiger partial charge >= 0.3 is 0 Å². The molecule has 0 saturated carbocycles. The van der Waals surface area contributed by atoms with Crippen LogP contribution in [0, 0.1) is 13.8 Å². The first kappa shape index (κ1) is 9.65. The van der Waals surface area contributed by atoms with Crippen LogP contribution < -0.4 is 0 Å². The third-order valence-electron chi connectivity index (χ3n) is 1.81. The highest BCUT2D eigenvalue weighted by molar-refractivity contribution is 6.02. The Labute approximate surface area is 77.6 Å². The molecule has 0 amide bonds. The molecule has 0 N–H and O–H groups in total. The molecular formula is C11H12O2. The Morgan fingerprint density at radius 3 is 2.23 bits per heavy atom. The van der Waals surface area contributed by atoms with Gasteiger partial charge in [-0.1, -0.05) is 17.2 Å². The van der Waals surface area contributed by atoms with Crippen molar-refractivity contribution in [3.05, 3.63) is 34.9 Å². The summed E-state index contributed by atoms with van der Waals surface area (Å²) in [7, 11) is 0. The molecule has 68 valence electrons. The number of hydrogen-bond donors (Lipinski definition) is 0. The van der Waals surface area contributed by atoms with Gasteiger partial charge in [-0.15, -0.1) is 0 Å². The normalized spacial score (nSPS) is 9.69. The predicted octanol–water partition coefficient (Wildman–Crippen LogP) is 2.08. The van der Waals surface area contributed by atoms with E-state index >= 15 is 0 Å². The van der Waals surface area contributed by atoms with Crippen molar-refractivity contribution in [1.82, 2.24) is 0 Å². The third-order valence-corrected chi connectivity index (χ3v) is 1.81. The van der Waals surface area contributed by atoms with Gasteiger partial charge in [0, 0.05) is 5.56 Å². The highest BCUT2D eigenvalue weighted by atomic mass is 16.1. The standard InChI is InChI=1S/C11H12O2/c1-8-5-9(2)7-10(6-8)11(13)3-4-12/h4-7H,3H2,1-2H3. The average molecular weight is 176 g/mol. The molecule has 0 heterocycles. The van der Waals surface area contributed by atoms with E-state index in [-0.39, 0.29) is 12.2 Å². The minimum absolute atomic E-state index is 0.0249. The van der Waals surface area contributed by atoms with Crippen LogP contribution in [-0.2, 0) is 4.79 Å². The lowest BCUT2D eigenvalue weighted by Crippen LogP contribution is -2.00. The molecule has 0 atom stereocenters. The number of ketones is 1. The zero-order valence-corrected chi connectivity index (χ0v) is 7.83. The molecule has 0 fully saturated rings. The Bertz CT molecular complexity index is 320. The van der Waals surface area contributed by atoms with E-state index in [2.05, 4.69) is 0 Å². The van der Waals surface area contributed by atoms with Crippen LogP contribution in [-0.4, -0.2) is 12.1 Å². The molecule has 1 rings (SSSR count). The van der Waals surface area contributed by atoms with Crippen LogP contribution in [0.2, 0.25) is 0 Å². The molecule has 1 aromatic rings. The number of carbonyl (C=O) groups excluding carboxylic acids is 2. The fourth-order valence-corrected chi connectivity index (χ4v) is 1.33. The lowest BCUT2D eigenvalue weighted by Gasteiger charge is -2.01. The first-order valence-corrected chi connectivity index (χ1v) is 4.18. The van der Waals surface area contributed by atoms with Crippen LogP contribution in [0.5, 0.6) is 0 Å². The molecule has 13 heavy (non-hydrogen) atoms. The molecule has 2 nitrogen and oxygen atoms in total. The number of aryl methyl sites for hydroxylation is 2. The van der Waals surface area contributed by atoms with E-state index in [0.717, 1.165) is 11.1 Å². The largest absolute Gasteiger partial charge is 0.303 e. The number of rotatable bonds is 3. The van der Waals surface area contributed by atoms with Gasteiger partial charge in [0.25, 0.3) is 0 Å². The van der Waals surface area contributed by atoms with E-state index in [4.69, 9.17) is 0 Å². The zero-order valence-electron chi connectivity index (χ0n) is 7.83. The Morgan fingerprint density at radius 2 is 1.77 bits per heavy atom. The van der Waals surface area contributed by atoms with E-state index in [1.54, 1.807) is 12.1 Å². The molecule has 1 aromatic carbocycles. The van der Waals surface area contributed by atoms with Gasteiger partial charge in [-0.3, -0.25) is 4.79 Å². The van der Waals surface area contributed by atoms with Crippen molar-refractivity contribution in [2.45, 2.75) is 20.3 Å². The van der Waals surface area contributed by atoms with Crippen molar-refractivity contribution in [2.24, 2.45) is 0 Å². The molecule has 0 saturated heterocycles. The minimum Gasteiger partial charge on any atom is -0.303 e. The second-order valence-corrected chi connectivity index (χ2v) is 3.17. The molecule has 0 bridgehead atoms. The summed E-state index contributed by atoms with van der Waals surface area (Å²) in [6.45, 7) is 3.87. The Morgan fingerprint density at radius 1 is 1.23 bits per heavy atom.